The Kier molecular flexibility index (Phi) is 4.83. The number of carbonyl (C=O) groups excluding carboxylic acids is 1. The maximum atomic E-state index is 13.7. The zero-order valence-corrected chi connectivity index (χ0v) is 15.6. The number of aliphatic imine (C=N–C) groups is 1. The summed E-state index contributed by atoms with van der Waals surface area (Å²) >= 11 is 1.45. The van der Waals surface area contributed by atoms with Crippen LogP contribution in [0.3, 0.4) is 0 Å². The second kappa shape index (κ2) is 6.79. The molecule has 2 unspecified atom stereocenters. The number of benzene rings is 1. The van der Waals surface area contributed by atoms with Crippen LogP contribution < -0.4 is 11.5 Å². The fourth-order valence-electron chi connectivity index (χ4n) is 3.08. The van der Waals surface area contributed by atoms with E-state index < -0.39 is 11.6 Å². The summed E-state index contributed by atoms with van der Waals surface area (Å²) < 4.78 is 19.1. The van der Waals surface area contributed by atoms with E-state index in [4.69, 9.17) is 16.2 Å². The van der Waals surface area contributed by atoms with Crippen LogP contribution >= 0.6 is 11.3 Å². The second-order valence-corrected chi connectivity index (χ2v) is 7.25. The van der Waals surface area contributed by atoms with Gasteiger partial charge < -0.3 is 16.2 Å². The molecule has 0 saturated carbocycles. The average Bonchev–Trinajstić information content (AvgIpc) is 3.11. The molecule has 0 fully saturated rings. The van der Waals surface area contributed by atoms with Crippen molar-refractivity contribution in [3.05, 3.63) is 45.9 Å². The van der Waals surface area contributed by atoms with Crippen molar-refractivity contribution in [2.24, 2.45) is 16.5 Å². The van der Waals surface area contributed by atoms with Gasteiger partial charge in [0.05, 0.1) is 0 Å². The van der Waals surface area contributed by atoms with E-state index in [0.29, 0.717) is 5.56 Å². The number of carbonyl (C=O) groups is 1. The third-order valence-corrected chi connectivity index (χ3v) is 5.85. The molecule has 8 heteroatoms. The topological polar surface area (TPSA) is 93.9 Å². The van der Waals surface area contributed by atoms with Crippen LogP contribution in [0.15, 0.2) is 34.6 Å². The molecule has 0 spiro atoms. The fraction of sp³-hybridized carbons (Fsp3) is 0.333. The number of amides is 1. The number of likely N-dealkylation sites (N-methyl/N-ethyl adjacent to an activating group) is 1. The highest BCUT2D eigenvalue weighted by Gasteiger charge is 2.47. The van der Waals surface area contributed by atoms with E-state index >= 15 is 0 Å². The van der Waals surface area contributed by atoms with Crippen molar-refractivity contribution in [1.82, 2.24) is 4.90 Å². The van der Waals surface area contributed by atoms with Gasteiger partial charge in [-0.3, -0.25) is 9.69 Å². The molecule has 26 heavy (non-hydrogen) atoms. The lowest BCUT2D eigenvalue weighted by atomic mass is 9.90. The molecule has 2 atom stereocenters. The molecule has 1 aliphatic rings. The monoisotopic (exact) mass is 376 g/mol. The van der Waals surface area contributed by atoms with Crippen molar-refractivity contribution in [2.75, 3.05) is 14.2 Å². The molecule has 1 amide bonds. The molecule has 2 aromatic rings. The molecule has 3 rings (SSSR count). The Morgan fingerprint density at radius 3 is 2.77 bits per heavy atom. The van der Waals surface area contributed by atoms with Crippen molar-refractivity contribution in [1.29, 1.82) is 0 Å². The number of guanidine groups is 1. The summed E-state index contributed by atoms with van der Waals surface area (Å²) in [7, 11) is 3.05. The largest absolute Gasteiger partial charge is 0.369 e. The normalized spacial score (nSPS) is 23.3. The maximum Gasteiger partial charge on any atom is 0.261 e. The van der Waals surface area contributed by atoms with Crippen LogP contribution in [0.5, 0.6) is 0 Å². The summed E-state index contributed by atoms with van der Waals surface area (Å²) in [6, 6.07) is 6.77. The number of ether oxygens (including phenoxy) is 1. The number of hydrogen-bond acceptors (Lipinski definition) is 6. The Balaban J connectivity index is 2.05. The van der Waals surface area contributed by atoms with Crippen LogP contribution in [0.2, 0.25) is 0 Å². The van der Waals surface area contributed by atoms with E-state index in [9.17, 15) is 9.18 Å². The lowest BCUT2D eigenvalue weighted by molar-refractivity contribution is -0.142. The Hall–Kier alpha value is -2.29. The fourth-order valence-corrected chi connectivity index (χ4v) is 4.12. The Labute approximate surface area is 155 Å². The summed E-state index contributed by atoms with van der Waals surface area (Å²) in [5, 5.41) is 1.94. The van der Waals surface area contributed by atoms with Crippen molar-refractivity contribution in [3.63, 3.8) is 0 Å². The van der Waals surface area contributed by atoms with Crippen molar-refractivity contribution < 1.29 is 13.9 Å². The second-order valence-electron chi connectivity index (χ2n) is 6.34. The van der Waals surface area contributed by atoms with Gasteiger partial charge in [0, 0.05) is 31.1 Å². The lowest BCUT2D eigenvalue weighted by Crippen LogP contribution is -2.57. The Bertz CT molecular complexity index is 882. The van der Waals surface area contributed by atoms with Crippen LogP contribution in [-0.4, -0.2) is 37.0 Å². The first-order valence-electron chi connectivity index (χ1n) is 8.05. The van der Waals surface area contributed by atoms with Crippen LogP contribution in [0.25, 0.3) is 11.1 Å². The predicted octanol–water partition coefficient (Wildman–Crippen LogP) is 2.03. The number of thiophene rings is 1. The number of hydrogen-bond donors (Lipinski definition) is 2. The third-order valence-electron chi connectivity index (χ3n) is 4.69. The van der Waals surface area contributed by atoms with Crippen LogP contribution in [0.4, 0.5) is 4.39 Å². The molecule has 0 aliphatic carbocycles. The summed E-state index contributed by atoms with van der Waals surface area (Å²) in [6.07, 6.45) is -0.779. The predicted molar refractivity (Wildman–Crippen MR) is 100 cm³/mol. The third kappa shape index (κ3) is 2.90. The molecular formula is C18H21FN4O2S. The maximum absolute atomic E-state index is 13.7. The smallest absolute Gasteiger partial charge is 0.261 e. The SMILES string of the molecule is COC1C(=O)N(C)C(N)=NC1(C)c1cc(-c2ccc(F)c(CN)c2)cs1. The number of nitrogens with two attached hydrogens (primary N) is 2. The van der Waals surface area contributed by atoms with Gasteiger partial charge in [0.25, 0.3) is 5.91 Å². The van der Waals surface area contributed by atoms with Gasteiger partial charge >= 0.3 is 0 Å². The van der Waals surface area contributed by atoms with E-state index in [0.717, 1.165) is 16.0 Å². The number of halogens is 1. The average molecular weight is 376 g/mol. The van der Waals surface area contributed by atoms with E-state index in [1.807, 2.05) is 18.4 Å². The number of nitrogens with zero attached hydrogens (tertiary/aromatic N) is 2. The molecule has 1 aliphatic heterocycles. The molecular weight excluding hydrogens is 355 g/mol. The minimum atomic E-state index is -0.929. The van der Waals surface area contributed by atoms with E-state index in [2.05, 4.69) is 4.99 Å². The van der Waals surface area contributed by atoms with Gasteiger partial charge in [-0.1, -0.05) is 6.07 Å². The summed E-state index contributed by atoms with van der Waals surface area (Å²) in [5.41, 5.74) is 12.8. The lowest BCUT2D eigenvalue weighted by Gasteiger charge is -2.38. The van der Waals surface area contributed by atoms with Crippen molar-refractivity contribution >= 4 is 23.2 Å². The first-order chi connectivity index (χ1) is 12.3. The molecule has 1 aromatic heterocycles. The highest BCUT2D eigenvalue weighted by molar-refractivity contribution is 7.10. The van der Waals surface area contributed by atoms with Gasteiger partial charge in [-0.15, -0.1) is 11.3 Å². The minimum Gasteiger partial charge on any atom is -0.369 e. The molecule has 0 bridgehead atoms. The van der Waals surface area contributed by atoms with Crippen LogP contribution in [-0.2, 0) is 21.6 Å². The van der Waals surface area contributed by atoms with E-state index in [1.54, 1.807) is 19.2 Å². The molecule has 6 nitrogen and oxygen atoms in total. The molecule has 2 heterocycles. The van der Waals surface area contributed by atoms with Gasteiger partial charge in [0.2, 0.25) is 0 Å². The van der Waals surface area contributed by atoms with Gasteiger partial charge in [-0.25, -0.2) is 9.38 Å². The summed E-state index contributed by atoms with van der Waals surface area (Å²) in [4.78, 5) is 19.2. The molecule has 0 saturated heterocycles. The highest BCUT2D eigenvalue weighted by atomic mass is 32.1. The van der Waals surface area contributed by atoms with E-state index in [1.165, 1.54) is 29.4 Å². The zero-order valence-electron chi connectivity index (χ0n) is 14.8. The van der Waals surface area contributed by atoms with Gasteiger partial charge in [0.15, 0.2) is 12.1 Å². The molecule has 1 aromatic carbocycles. The van der Waals surface area contributed by atoms with Gasteiger partial charge in [-0.05, 0) is 41.6 Å². The first-order valence-corrected chi connectivity index (χ1v) is 8.93. The minimum absolute atomic E-state index is 0.127. The van der Waals surface area contributed by atoms with Gasteiger partial charge in [0.1, 0.15) is 11.4 Å². The number of rotatable bonds is 4. The van der Waals surface area contributed by atoms with Crippen molar-refractivity contribution in [3.8, 4) is 11.1 Å². The Morgan fingerprint density at radius 1 is 1.38 bits per heavy atom. The van der Waals surface area contributed by atoms with E-state index in [-0.39, 0.29) is 24.2 Å². The quantitative estimate of drug-likeness (QED) is 0.854. The summed E-state index contributed by atoms with van der Waals surface area (Å²) in [6.45, 7) is 1.95. The number of methoxy groups -OCH3 is 1. The highest BCUT2D eigenvalue weighted by Crippen LogP contribution is 2.40. The first kappa shape index (κ1) is 18.5. The molecule has 4 N–H and O–H groups in total. The van der Waals surface area contributed by atoms with Gasteiger partial charge in [-0.2, -0.15) is 0 Å². The Morgan fingerprint density at radius 2 is 2.12 bits per heavy atom. The molecule has 0 radical (unpaired) electrons. The molecule has 138 valence electrons. The zero-order chi connectivity index (χ0) is 19.1. The standard InChI is InChI=1S/C18H21FN4O2S/c1-18(15(25-3)16(24)23(2)17(21)22-18)14-7-12(9-26-14)10-4-5-13(19)11(6-10)8-20/h4-7,9,15H,8,20H2,1-3H3,(H2,21,22). The summed E-state index contributed by atoms with van der Waals surface area (Å²) in [5.74, 6) is -0.422. The van der Waals surface area contributed by atoms with Crippen LogP contribution in [0.1, 0.15) is 17.4 Å². The van der Waals surface area contributed by atoms with Crippen molar-refractivity contribution in [2.45, 2.75) is 25.1 Å². The van der Waals surface area contributed by atoms with Crippen LogP contribution in [0, 0.1) is 5.82 Å².